The SMILES string of the molecule is O=C(c1cc2cccnc2s1)N(CCN1CCCC1)c1ccccc1. The Morgan fingerprint density at radius 1 is 1.12 bits per heavy atom. The van der Waals surface area contributed by atoms with Crippen LogP contribution in [0.4, 0.5) is 5.69 Å². The van der Waals surface area contributed by atoms with Crippen molar-refractivity contribution in [3.05, 3.63) is 59.6 Å². The highest BCUT2D eigenvalue weighted by molar-refractivity contribution is 7.20. The molecule has 1 aliphatic rings. The van der Waals surface area contributed by atoms with E-state index >= 15 is 0 Å². The van der Waals surface area contributed by atoms with E-state index in [9.17, 15) is 4.79 Å². The van der Waals surface area contributed by atoms with Gasteiger partial charge in [-0.15, -0.1) is 11.3 Å². The van der Waals surface area contributed by atoms with Crippen LogP contribution in [0.15, 0.2) is 54.7 Å². The molecule has 4 nitrogen and oxygen atoms in total. The average Bonchev–Trinajstić information content (AvgIpc) is 3.32. The number of para-hydroxylation sites is 1. The zero-order chi connectivity index (χ0) is 17.1. The van der Waals surface area contributed by atoms with E-state index in [1.807, 2.05) is 53.4 Å². The van der Waals surface area contributed by atoms with Crippen molar-refractivity contribution >= 4 is 33.1 Å². The van der Waals surface area contributed by atoms with E-state index in [2.05, 4.69) is 9.88 Å². The van der Waals surface area contributed by atoms with Gasteiger partial charge in [0, 0.05) is 30.4 Å². The molecule has 5 heteroatoms. The Balaban J connectivity index is 1.60. The Kier molecular flexibility index (Phi) is 4.76. The summed E-state index contributed by atoms with van der Waals surface area (Å²) in [4.78, 5) is 23.6. The minimum Gasteiger partial charge on any atom is -0.306 e. The van der Waals surface area contributed by atoms with Crippen LogP contribution in [0.2, 0.25) is 0 Å². The molecule has 1 aliphatic heterocycles. The molecule has 2 aromatic heterocycles. The molecule has 0 spiro atoms. The maximum Gasteiger partial charge on any atom is 0.268 e. The molecule has 1 fully saturated rings. The van der Waals surface area contributed by atoms with Gasteiger partial charge in [0.2, 0.25) is 0 Å². The van der Waals surface area contributed by atoms with Crippen molar-refractivity contribution < 1.29 is 4.79 Å². The summed E-state index contributed by atoms with van der Waals surface area (Å²) in [5.41, 5.74) is 0.956. The molecule has 0 radical (unpaired) electrons. The van der Waals surface area contributed by atoms with Crippen molar-refractivity contribution in [2.75, 3.05) is 31.1 Å². The van der Waals surface area contributed by atoms with Crippen molar-refractivity contribution in [1.29, 1.82) is 0 Å². The van der Waals surface area contributed by atoms with Gasteiger partial charge in [-0.3, -0.25) is 4.79 Å². The number of nitrogens with zero attached hydrogens (tertiary/aromatic N) is 3. The van der Waals surface area contributed by atoms with Crippen LogP contribution in [-0.2, 0) is 0 Å². The Labute approximate surface area is 151 Å². The van der Waals surface area contributed by atoms with Gasteiger partial charge in [-0.2, -0.15) is 0 Å². The van der Waals surface area contributed by atoms with Crippen molar-refractivity contribution in [2.45, 2.75) is 12.8 Å². The van der Waals surface area contributed by atoms with Crippen LogP contribution in [-0.4, -0.2) is 42.0 Å². The van der Waals surface area contributed by atoms with E-state index in [4.69, 9.17) is 0 Å². The number of thiophene rings is 1. The first-order chi connectivity index (χ1) is 12.3. The molecular weight excluding hydrogens is 330 g/mol. The lowest BCUT2D eigenvalue weighted by molar-refractivity contribution is 0.0988. The molecule has 128 valence electrons. The standard InChI is InChI=1S/C20H21N3OS/c24-20(18-15-16-7-6-10-21-19(16)25-18)23(17-8-2-1-3-9-17)14-13-22-11-4-5-12-22/h1-3,6-10,15H,4-5,11-14H2. The molecule has 25 heavy (non-hydrogen) atoms. The maximum atomic E-state index is 13.2. The number of amides is 1. The lowest BCUT2D eigenvalue weighted by Gasteiger charge is -2.25. The molecule has 4 rings (SSSR count). The number of hydrogen-bond acceptors (Lipinski definition) is 4. The van der Waals surface area contributed by atoms with Gasteiger partial charge in [0.05, 0.1) is 4.88 Å². The highest BCUT2D eigenvalue weighted by Gasteiger charge is 2.21. The topological polar surface area (TPSA) is 36.4 Å². The first kappa shape index (κ1) is 16.2. The van der Waals surface area contributed by atoms with Gasteiger partial charge in [-0.1, -0.05) is 24.3 Å². The van der Waals surface area contributed by atoms with Gasteiger partial charge in [-0.05, 0) is 50.2 Å². The average molecular weight is 351 g/mol. The van der Waals surface area contributed by atoms with Crippen LogP contribution in [0.3, 0.4) is 0 Å². The van der Waals surface area contributed by atoms with Gasteiger partial charge in [0.25, 0.3) is 5.91 Å². The minimum absolute atomic E-state index is 0.0633. The number of pyridine rings is 1. The molecule has 0 bridgehead atoms. The number of aromatic nitrogens is 1. The van der Waals surface area contributed by atoms with Crippen molar-refractivity contribution in [3.8, 4) is 0 Å². The third-order valence-corrected chi connectivity index (χ3v) is 5.70. The zero-order valence-electron chi connectivity index (χ0n) is 14.1. The van der Waals surface area contributed by atoms with Gasteiger partial charge in [0.15, 0.2) is 0 Å². The smallest absolute Gasteiger partial charge is 0.268 e. The first-order valence-electron chi connectivity index (χ1n) is 8.75. The van der Waals surface area contributed by atoms with Crippen molar-refractivity contribution in [3.63, 3.8) is 0 Å². The van der Waals surface area contributed by atoms with Crippen LogP contribution in [0.5, 0.6) is 0 Å². The Morgan fingerprint density at radius 3 is 2.68 bits per heavy atom. The summed E-state index contributed by atoms with van der Waals surface area (Å²) in [5, 5.41) is 1.03. The molecule has 1 aromatic carbocycles. The Hall–Kier alpha value is -2.24. The van der Waals surface area contributed by atoms with E-state index < -0.39 is 0 Å². The molecule has 1 amide bonds. The molecule has 0 N–H and O–H groups in total. The number of carbonyl (C=O) groups excluding carboxylic acids is 1. The summed E-state index contributed by atoms with van der Waals surface area (Å²) >= 11 is 1.47. The number of likely N-dealkylation sites (tertiary alicyclic amines) is 1. The monoisotopic (exact) mass is 351 g/mol. The van der Waals surface area contributed by atoms with Crippen LogP contribution in [0, 0.1) is 0 Å². The van der Waals surface area contributed by atoms with E-state index in [1.165, 1.54) is 24.2 Å². The fraction of sp³-hybridized carbons (Fsp3) is 0.300. The highest BCUT2D eigenvalue weighted by atomic mass is 32.1. The third kappa shape index (κ3) is 3.57. The molecule has 3 heterocycles. The first-order valence-corrected chi connectivity index (χ1v) is 9.57. The highest BCUT2D eigenvalue weighted by Crippen LogP contribution is 2.26. The van der Waals surface area contributed by atoms with Crippen LogP contribution >= 0.6 is 11.3 Å². The second-order valence-electron chi connectivity index (χ2n) is 6.35. The van der Waals surface area contributed by atoms with E-state index in [0.717, 1.165) is 40.4 Å². The van der Waals surface area contributed by atoms with Gasteiger partial charge in [-0.25, -0.2) is 4.98 Å². The molecule has 0 atom stereocenters. The second kappa shape index (κ2) is 7.33. The number of anilines is 1. The van der Waals surface area contributed by atoms with Crippen LogP contribution in [0.1, 0.15) is 22.5 Å². The number of rotatable bonds is 5. The van der Waals surface area contributed by atoms with E-state index in [0.29, 0.717) is 6.54 Å². The van der Waals surface area contributed by atoms with Crippen molar-refractivity contribution in [1.82, 2.24) is 9.88 Å². The lowest BCUT2D eigenvalue weighted by Crippen LogP contribution is -2.37. The number of benzene rings is 1. The minimum atomic E-state index is 0.0633. The normalized spacial score (nSPS) is 14.9. The summed E-state index contributed by atoms with van der Waals surface area (Å²) in [6, 6.07) is 15.8. The van der Waals surface area contributed by atoms with E-state index in [1.54, 1.807) is 6.20 Å². The summed E-state index contributed by atoms with van der Waals surface area (Å²) in [7, 11) is 0. The number of fused-ring (bicyclic) bond motifs is 1. The third-order valence-electron chi connectivity index (χ3n) is 4.66. The summed E-state index contributed by atoms with van der Waals surface area (Å²) < 4.78 is 0. The Bertz CT molecular complexity index is 823. The van der Waals surface area contributed by atoms with Gasteiger partial charge in [0.1, 0.15) is 4.83 Å². The largest absolute Gasteiger partial charge is 0.306 e. The fourth-order valence-corrected chi connectivity index (χ4v) is 4.27. The maximum absolute atomic E-state index is 13.2. The summed E-state index contributed by atoms with van der Waals surface area (Å²) in [6.45, 7) is 3.92. The number of hydrogen-bond donors (Lipinski definition) is 0. The van der Waals surface area contributed by atoms with Gasteiger partial charge >= 0.3 is 0 Å². The van der Waals surface area contributed by atoms with Gasteiger partial charge < -0.3 is 9.80 Å². The molecule has 0 aliphatic carbocycles. The van der Waals surface area contributed by atoms with E-state index in [-0.39, 0.29) is 5.91 Å². The summed E-state index contributed by atoms with van der Waals surface area (Å²) in [6.07, 6.45) is 4.30. The molecule has 0 unspecified atom stereocenters. The van der Waals surface area contributed by atoms with Crippen LogP contribution < -0.4 is 4.90 Å². The quantitative estimate of drug-likeness (QED) is 0.696. The molecule has 3 aromatic rings. The summed E-state index contributed by atoms with van der Waals surface area (Å²) in [5.74, 6) is 0.0633. The predicted octanol–water partition coefficient (Wildman–Crippen LogP) is 4.04. The predicted molar refractivity (Wildman–Crippen MR) is 103 cm³/mol. The Morgan fingerprint density at radius 2 is 1.92 bits per heavy atom. The van der Waals surface area contributed by atoms with Crippen LogP contribution in [0.25, 0.3) is 10.2 Å². The fourth-order valence-electron chi connectivity index (χ4n) is 3.32. The van der Waals surface area contributed by atoms with Crippen molar-refractivity contribution in [2.24, 2.45) is 0 Å². The molecule has 1 saturated heterocycles. The zero-order valence-corrected chi connectivity index (χ0v) is 14.9. The lowest BCUT2D eigenvalue weighted by atomic mass is 10.2. The second-order valence-corrected chi connectivity index (χ2v) is 7.38. The molecular formula is C20H21N3OS. The molecule has 0 saturated carbocycles. The number of carbonyl (C=O) groups is 1.